The van der Waals surface area contributed by atoms with E-state index in [2.05, 4.69) is 36.4 Å². The molecule has 1 aromatic rings. The van der Waals surface area contributed by atoms with Crippen LogP contribution in [0.4, 0.5) is 0 Å². The predicted octanol–water partition coefficient (Wildman–Crippen LogP) is 0.503. The molecule has 1 heterocycles. The quantitative estimate of drug-likeness (QED) is 0.763. The molecule has 1 unspecified atom stereocenters. The summed E-state index contributed by atoms with van der Waals surface area (Å²) in [5.41, 5.74) is 0.860. The van der Waals surface area contributed by atoms with Gasteiger partial charge in [0.2, 0.25) is 0 Å². The molecule has 0 saturated heterocycles. The van der Waals surface area contributed by atoms with Gasteiger partial charge in [-0.15, -0.1) is 5.10 Å². The number of aromatic nitrogens is 3. The van der Waals surface area contributed by atoms with Gasteiger partial charge < -0.3 is 10.4 Å². The summed E-state index contributed by atoms with van der Waals surface area (Å²) in [4.78, 5) is 0. The number of hydrogen-bond donors (Lipinski definition) is 2. The summed E-state index contributed by atoms with van der Waals surface area (Å²) in [6, 6.07) is 0.0878. The smallest absolute Gasteiger partial charge is 0.0965 e. The van der Waals surface area contributed by atoms with Gasteiger partial charge >= 0.3 is 0 Å². The minimum Gasteiger partial charge on any atom is -0.395 e. The summed E-state index contributed by atoms with van der Waals surface area (Å²) in [6.07, 6.45) is 1.93. The fraction of sp³-hybridized carbons (Fsp3) is 0.800. The van der Waals surface area contributed by atoms with Crippen molar-refractivity contribution in [2.24, 2.45) is 0 Å². The second-order valence-corrected chi connectivity index (χ2v) is 4.79. The van der Waals surface area contributed by atoms with Gasteiger partial charge in [0, 0.05) is 12.6 Å². The molecule has 0 fully saturated rings. The molecule has 0 bridgehead atoms. The Morgan fingerprint density at radius 3 is 2.67 bits per heavy atom. The second kappa shape index (κ2) is 4.72. The molecule has 0 aliphatic rings. The molecule has 1 atom stereocenters. The molecule has 0 aliphatic heterocycles. The SMILES string of the molecule is CC(CO)NCc1cn(C(C)(C)C)nn1. The van der Waals surface area contributed by atoms with Crippen molar-refractivity contribution in [3.8, 4) is 0 Å². The average molecular weight is 212 g/mol. The van der Waals surface area contributed by atoms with Gasteiger partial charge in [0.15, 0.2) is 0 Å². The van der Waals surface area contributed by atoms with Crippen molar-refractivity contribution in [2.45, 2.75) is 45.8 Å². The van der Waals surface area contributed by atoms with Crippen molar-refractivity contribution >= 4 is 0 Å². The average Bonchev–Trinajstić information content (AvgIpc) is 2.61. The number of aliphatic hydroxyl groups excluding tert-OH is 1. The first kappa shape index (κ1) is 12.1. The Morgan fingerprint density at radius 1 is 1.53 bits per heavy atom. The summed E-state index contributed by atoms with van der Waals surface area (Å²) < 4.78 is 1.84. The fourth-order valence-corrected chi connectivity index (χ4v) is 1.05. The van der Waals surface area contributed by atoms with E-state index in [1.807, 2.05) is 17.8 Å². The fourth-order valence-electron chi connectivity index (χ4n) is 1.05. The first-order chi connectivity index (χ1) is 6.93. The van der Waals surface area contributed by atoms with E-state index in [4.69, 9.17) is 5.11 Å². The molecule has 0 aromatic carbocycles. The molecule has 1 rings (SSSR count). The highest BCUT2D eigenvalue weighted by Crippen LogP contribution is 2.11. The number of rotatable bonds is 4. The molecule has 1 aromatic heterocycles. The highest BCUT2D eigenvalue weighted by atomic mass is 16.3. The van der Waals surface area contributed by atoms with Gasteiger partial charge in [-0.2, -0.15) is 0 Å². The van der Waals surface area contributed by atoms with Crippen LogP contribution in [0.15, 0.2) is 6.20 Å². The van der Waals surface area contributed by atoms with E-state index in [1.54, 1.807) is 0 Å². The topological polar surface area (TPSA) is 63.0 Å². The molecule has 0 saturated carbocycles. The van der Waals surface area contributed by atoms with E-state index in [-0.39, 0.29) is 18.2 Å². The van der Waals surface area contributed by atoms with Crippen LogP contribution in [0.2, 0.25) is 0 Å². The third kappa shape index (κ3) is 3.60. The van der Waals surface area contributed by atoms with E-state index in [9.17, 15) is 0 Å². The predicted molar refractivity (Wildman–Crippen MR) is 58.4 cm³/mol. The Hall–Kier alpha value is -0.940. The van der Waals surface area contributed by atoms with Gasteiger partial charge in [-0.1, -0.05) is 5.21 Å². The summed E-state index contributed by atoms with van der Waals surface area (Å²) in [7, 11) is 0. The lowest BCUT2D eigenvalue weighted by atomic mass is 10.1. The van der Waals surface area contributed by atoms with Gasteiger partial charge in [0.1, 0.15) is 0 Å². The van der Waals surface area contributed by atoms with Crippen LogP contribution in [-0.4, -0.2) is 32.7 Å². The lowest BCUT2D eigenvalue weighted by molar-refractivity contribution is 0.250. The van der Waals surface area contributed by atoms with Gasteiger partial charge in [-0.3, -0.25) is 0 Å². The van der Waals surface area contributed by atoms with Gasteiger partial charge in [0.05, 0.1) is 24.0 Å². The molecule has 2 N–H and O–H groups in total. The lowest BCUT2D eigenvalue weighted by Crippen LogP contribution is -2.28. The van der Waals surface area contributed by atoms with Crippen molar-refractivity contribution < 1.29 is 5.11 Å². The highest BCUT2D eigenvalue weighted by Gasteiger charge is 2.14. The Morgan fingerprint density at radius 2 is 2.20 bits per heavy atom. The third-order valence-corrected chi connectivity index (χ3v) is 2.13. The van der Waals surface area contributed by atoms with E-state index in [0.29, 0.717) is 6.54 Å². The molecular formula is C10H20N4O. The summed E-state index contributed by atoms with van der Waals surface area (Å²) in [5, 5.41) is 20.1. The molecule has 5 nitrogen and oxygen atoms in total. The third-order valence-electron chi connectivity index (χ3n) is 2.13. The maximum atomic E-state index is 8.84. The molecule has 15 heavy (non-hydrogen) atoms. The van der Waals surface area contributed by atoms with Crippen LogP contribution in [-0.2, 0) is 12.1 Å². The molecule has 5 heteroatoms. The second-order valence-electron chi connectivity index (χ2n) is 4.79. The Bertz CT molecular complexity index is 303. The minimum absolute atomic E-state index is 0.0339. The van der Waals surface area contributed by atoms with Crippen molar-refractivity contribution in [1.82, 2.24) is 20.3 Å². The lowest BCUT2D eigenvalue weighted by Gasteiger charge is -2.17. The summed E-state index contributed by atoms with van der Waals surface area (Å²) in [5.74, 6) is 0. The van der Waals surface area contributed by atoms with Gasteiger partial charge in [-0.25, -0.2) is 4.68 Å². The van der Waals surface area contributed by atoms with Crippen molar-refractivity contribution in [2.75, 3.05) is 6.61 Å². The molecule has 0 aliphatic carbocycles. The number of nitrogens with zero attached hydrogens (tertiary/aromatic N) is 3. The zero-order valence-electron chi connectivity index (χ0n) is 9.86. The van der Waals surface area contributed by atoms with E-state index >= 15 is 0 Å². The zero-order valence-corrected chi connectivity index (χ0v) is 9.86. The number of aliphatic hydroxyl groups is 1. The van der Waals surface area contributed by atoms with Crippen LogP contribution >= 0.6 is 0 Å². The molecule has 0 amide bonds. The largest absolute Gasteiger partial charge is 0.395 e. The van der Waals surface area contributed by atoms with Crippen molar-refractivity contribution in [1.29, 1.82) is 0 Å². The summed E-state index contributed by atoms with van der Waals surface area (Å²) >= 11 is 0. The standard InChI is InChI=1S/C10H20N4O/c1-8(7-15)11-5-9-6-14(13-12-9)10(2,3)4/h6,8,11,15H,5,7H2,1-4H3. The van der Waals surface area contributed by atoms with Gasteiger partial charge in [0.25, 0.3) is 0 Å². The van der Waals surface area contributed by atoms with Crippen LogP contribution in [0.1, 0.15) is 33.4 Å². The van der Waals surface area contributed by atoms with E-state index in [0.717, 1.165) is 5.69 Å². The van der Waals surface area contributed by atoms with Crippen LogP contribution in [0, 0.1) is 0 Å². The van der Waals surface area contributed by atoms with E-state index < -0.39 is 0 Å². The normalized spacial score (nSPS) is 14.2. The molecule has 0 spiro atoms. The molecule has 0 radical (unpaired) electrons. The number of hydrogen-bond acceptors (Lipinski definition) is 4. The maximum Gasteiger partial charge on any atom is 0.0965 e. The Balaban J connectivity index is 2.54. The van der Waals surface area contributed by atoms with Gasteiger partial charge in [-0.05, 0) is 27.7 Å². The molecular weight excluding hydrogens is 192 g/mol. The van der Waals surface area contributed by atoms with Crippen LogP contribution in [0.3, 0.4) is 0 Å². The Kier molecular flexibility index (Phi) is 3.82. The number of nitrogens with one attached hydrogen (secondary N) is 1. The van der Waals surface area contributed by atoms with Crippen molar-refractivity contribution in [3.63, 3.8) is 0 Å². The Labute approximate surface area is 90.5 Å². The summed E-state index contributed by atoms with van der Waals surface area (Å²) in [6.45, 7) is 8.93. The van der Waals surface area contributed by atoms with Crippen molar-refractivity contribution in [3.05, 3.63) is 11.9 Å². The first-order valence-corrected chi connectivity index (χ1v) is 5.19. The maximum absolute atomic E-state index is 8.84. The monoisotopic (exact) mass is 212 g/mol. The van der Waals surface area contributed by atoms with Crippen LogP contribution < -0.4 is 5.32 Å². The minimum atomic E-state index is -0.0339. The zero-order chi connectivity index (χ0) is 11.5. The highest BCUT2D eigenvalue weighted by molar-refractivity contribution is 4.94. The van der Waals surface area contributed by atoms with Crippen LogP contribution in [0.25, 0.3) is 0 Å². The van der Waals surface area contributed by atoms with E-state index in [1.165, 1.54) is 0 Å². The van der Waals surface area contributed by atoms with Crippen LogP contribution in [0.5, 0.6) is 0 Å². The first-order valence-electron chi connectivity index (χ1n) is 5.19. The molecule has 86 valence electrons.